The molecular formula is C19H16ClNO4. The zero-order valence-corrected chi connectivity index (χ0v) is 14.5. The molecule has 128 valence electrons. The van der Waals surface area contributed by atoms with Gasteiger partial charge in [0, 0.05) is 22.3 Å². The highest BCUT2D eigenvalue weighted by atomic mass is 35.5. The van der Waals surface area contributed by atoms with Crippen LogP contribution in [-0.2, 0) is 0 Å². The number of nitrogen functional groups attached to an aromatic ring is 1. The Morgan fingerprint density at radius 3 is 2.28 bits per heavy atom. The van der Waals surface area contributed by atoms with Crippen molar-refractivity contribution in [3.63, 3.8) is 0 Å². The molecule has 0 fully saturated rings. The molecule has 6 heteroatoms. The van der Waals surface area contributed by atoms with Crippen LogP contribution in [0.25, 0.3) is 11.3 Å². The van der Waals surface area contributed by atoms with Crippen molar-refractivity contribution in [3.05, 3.63) is 64.9 Å². The average Bonchev–Trinajstić information content (AvgIpc) is 3.11. The van der Waals surface area contributed by atoms with E-state index >= 15 is 0 Å². The lowest BCUT2D eigenvalue weighted by molar-refractivity contribution is 0.101. The number of nitrogens with two attached hydrogens (primary N) is 1. The summed E-state index contributed by atoms with van der Waals surface area (Å²) in [5, 5.41) is 0.629. The average molecular weight is 358 g/mol. The molecule has 1 heterocycles. The normalized spacial score (nSPS) is 10.5. The molecule has 0 radical (unpaired) electrons. The van der Waals surface area contributed by atoms with Crippen molar-refractivity contribution in [2.75, 3.05) is 20.0 Å². The fourth-order valence-electron chi connectivity index (χ4n) is 2.45. The molecule has 0 spiro atoms. The van der Waals surface area contributed by atoms with Crippen molar-refractivity contribution in [1.29, 1.82) is 0 Å². The quantitative estimate of drug-likeness (QED) is 0.540. The monoisotopic (exact) mass is 357 g/mol. The zero-order valence-electron chi connectivity index (χ0n) is 13.7. The van der Waals surface area contributed by atoms with Gasteiger partial charge < -0.3 is 19.6 Å². The molecule has 0 aliphatic heterocycles. The highest BCUT2D eigenvalue weighted by Gasteiger charge is 2.20. The lowest BCUT2D eigenvalue weighted by atomic mass is 10.1. The Labute approximate surface area is 149 Å². The van der Waals surface area contributed by atoms with Gasteiger partial charge in [0.2, 0.25) is 5.78 Å². The molecule has 0 unspecified atom stereocenters. The second kappa shape index (κ2) is 6.91. The standard InChI is InChI=1S/C19H16ClNO4/c1-23-17-9-13(14(21)10-18(17)24-2)19(22)16-8-7-15(25-16)11-3-5-12(20)6-4-11/h3-10H,21H2,1-2H3. The predicted molar refractivity (Wildman–Crippen MR) is 96.5 cm³/mol. The smallest absolute Gasteiger partial charge is 0.230 e. The van der Waals surface area contributed by atoms with Gasteiger partial charge in [-0.2, -0.15) is 0 Å². The summed E-state index contributed by atoms with van der Waals surface area (Å²) in [6, 6.07) is 13.6. The summed E-state index contributed by atoms with van der Waals surface area (Å²) >= 11 is 5.88. The zero-order chi connectivity index (χ0) is 18.0. The van der Waals surface area contributed by atoms with Crippen molar-refractivity contribution in [1.82, 2.24) is 0 Å². The highest BCUT2D eigenvalue weighted by molar-refractivity contribution is 6.30. The SMILES string of the molecule is COc1cc(N)c(C(=O)c2ccc(-c3ccc(Cl)cc3)o2)cc1OC. The van der Waals surface area contributed by atoms with Crippen LogP contribution in [0, 0.1) is 0 Å². The van der Waals surface area contributed by atoms with E-state index < -0.39 is 0 Å². The van der Waals surface area contributed by atoms with Crippen molar-refractivity contribution in [3.8, 4) is 22.8 Å². The Morgan fingerprint density at radius 1 is 1.00 bits per heavy atom. The number of carbonyl (C=O) groups is 1. The van der Waals surface area contributed by atoms with Gasteiger partial charge in [0.15, 0.2) is 17.3 Å². The van der Waals surface area contributed by atoms with Gasteiger partial charge >= 0.3 is 0 Å². The maximum Gasteiger partial charge on any atom is 0.230 e. The van der Waals surface area contributed by atoms with E-state index in [-0.39, 0.29) is 22.8 Å². The molecule has 2 aromatic carbocycles. The lowest BCUT2D eigenvalue weighted by Gasteiger charge is -2.11. The Kier molecular flexibility index (Phi) is 4.67. The molecule has 25 heavy (non-hydrogen) atoms. The number of hydrogen-bond acceptors (Lipinski definition) is 5. The number of rotatable bonds is 5. The van der Waals surface area contributed by atoms with E-state index in [1.165, 1.54) is 14.2 Å². The first-order chi connectivity index (χ1) is 12.0. The Hall–Kier alpha value is -2.92. The van der Waals surface area contributed by atoms with Crippen LogP contribution >= 0.6 is 11.6 Å². The largest absolute Gasteiger partial charge is 0.493 e. The Morgan fingerprint density at radius 2 is 1.64 bits per heavy atom. The molecule has 0 amide bonds. The third-order valence-corrected chi connectivity index (χ3v) is 4.01. The van der Waals surface area contributed by atoms with Crippen LogP contribution in [0.3, 0.4) is 0 Å². The number of ketones is 1. The van der Waals surface area contributed by atoms with Gasteiger partial charge in [-0.25, -0.2) is 0 Å². The number of anilines is 1. The van der Waals surface area contributed by atoms with Gasteiger partial charge in [-0.3, -0.25) is 4.79 Å². The number of methoxy groups -OCH3 is 2. The van der Waals surface area contributed by atoms with Crippen LogP contribution in [0.15, 0.2) is 52.9 Å². The second-order valence-corrected chi connectivity index (χ2v) is 5.73. The first-order valence-electron chi connectivity index (χ1n) is 7.45. The van der Waals surface area contributed by atoms with Crippen molar-refractivity contribution in [2.24, 2.45) is 0 Å². The third kappa shape index (κ3) is 3.32. The number of benzene rings is 2. The van der Waals surface area contributed by atoms with Crippen molar-refractivity contribution >= 4 is 23.1 Å². The van der Waals surface area contributed by atoms with E-state index in [1.54, 1.807) is 36.4 Å². The maximum absolute atomic E-state index is 12.7. The number of furan rings is 1. The van der Waals surface area contributed by atoms with Gasteiger partial charge in [0.25, 0.3) is 0 Å². The van der Waals surface area contributed by atoms with Crippen LogP contribution in [0.5, 0.6) is 11.5 Å². The minimum atomic E-state index is -0.335. The van der Waals surface area contributed by atoms with Crippen molar-refractivity contribution in [2.45, 2.75) is 0 Å². The minimum absolute atomic E-state index is 0.184. The number of ether oxygens (including phenoxy) is 2. The third-order valence-electron chi connectivity index (χ3n) is 3.76. The fraction of sp³-hybridized carbons (Fsp3) is 0.105. The maximum atomic E-state index is 12.7. The summed E-state index contributed by atoms with van der Waals surface area (Å²) < 4.78 is 16.1. The summed E-state index contributed by atoms with van der Waals surface area (Å²) in [5.41, 5.74) is 7.37. The predicted octanol–water partition coefficient (Wildman–Crippen LogP) is 4.43. The van der Waals surface area contributed by atoms with E-state index in [0.717, 1.165) is 5.56 Å². The van der Waals surface area contributed by atoms with Crippen LogP contribution < -0.4 is 15.2 Å². The molecule has 1 aromatic heterocycles. The molecule has 2 N–H and O–H groups in total. The van der Waals surface area contributed by atoms with Gasteiger partial charge in [0.05, 0.1) is 19.8 Å². The molecule has 3 aromatic rings. The summed E-state index contributed by atoms with van der Waals surface area (Å²) in [4.78, 5) is 12.7. The molecule has 0 saturated carbocycles. The van der Waals surface area contributed by atoms with Crippen LogP contribution in [0.2, 0.25) is 5.02 Å². The molecule has 0 saturated heterocycles. The van der Waals surface area contributed by atoms with Crippen LogP contribution in [0.4, 0.5) is 5.69 Å². The fourth-order valence-corrected chi connectivity index (χ4v) is 2.58. The summed E-state index contributed by atoms with van der Waals surface area (Å²) in [6.45, 7) is 0. The van der Waals surface area contributed by atoms with Crippen molar-refractivity contribution < 1.29 is 18.7 Å². The lowest BCUT2D eigenvalue weighted by Crippen LogP contribution is -2.06. The van der Waals surface area contributed by atoms with Gasteiger partial charge in [0.1, 0.15) is 5.76 Å². The van der Waals surface area contributed by atoms with Crippen LogP contribution in [0.1, 0.15) is 16.1 Å². The van der Waals surface area contributed by atoms with E-state index in [9.17, 15) is 4.79 Å². The Bertz CT molecular complexity index is 916. The van der Waals surface area contributed by atoms with E-state index in [0.29, 0.717) is 22.3 Å². The van der Waals surface area contributed by atoms with Gasteiger partial charge in [-0.05, 0) is 42.5 Å². The number of halogens is 1. The number of hydrogen-bond donors (Lipinski definition) is 1. The first-order valence-corrected chi connectivity index (χ1v) is 7.83. The van der Waals surface area contributed by atoms with E-state index in [1.807, 2.05) is 12.1 Å². The van der Waals surface area contributed by atoms with Gasteiger partial charge in [-0.1, -0.05) is 11.6 Å². The molecule has 0 aliphatic carbocycles. The van der Waals surface area contributed by atoms with Crippen LogP contribution in [-0.4, -0.2) is 20.0 Å². The molecule has 0 atom stereocenters. The Balaban J connectivity index is 1.95. The van der Waals surface area contributed by atoms with Gasteiger partial charge in [-0.15, -0.1) is 0 Å². The first kappa shape index (κ1) is 16.9. The molecular weight excluding hydrogens is 342 g/mol. The van der Waals surface area contributed by atoms with E-state index in [4.69, 9.17) is 31.2 Å². The molecule has 5 nitrogen and oxygen atoms in total. The molecule has 3 rings (SSSR count). The molecule has 0 aliphatic rings. The van der Waals surface area contributed by atoms with E-state index in [2.05, 4.69) is 0 Å². The minimum Gasteiger partial charge on any atom is -0.493 e. The second-order valence-electron chi connectivity index (χ2n) is 5.29. The topological polar surface area (TPSA) is 74.7 Å². The molecule has 0 bridgehead atoms. The highest BCUT2D eigenvalue weighted by Crippen LogP contribution is 2.33. The summed E-state index contributed by atoms with van der Waals surface area (Å²) in [6.07, 6.45) is 0. The summed E-state index contributed by atoms with van der Waals surface area (Å²) in [7, 11) is 3.00. The summed E-state index contributed by atoms with van der Waals surface area (Å²) in [5.74, 6) is 1.30. The number of carbonyl (C=O) groups excluding carboxylic acids is 1.